The van der Waals surface area contributed by atoms with Crippen molar-refractivity contribution in [2.75, 3.05) is 0 Å². The molecule has 0 aromatic rings. The third-order valence-electron chi connectivity index (χ3n) is 1.80. The second-order valence-electron chi connectivity index (χ2n) is 3.71. The van der Waals surface area contributed by atoms with Crippen molar-refractivity contribution in [3.8, 4) is 0 Å². The Hall–Kier alpha value is -0.203. The Morgan fingerprint density at radius 1 is 1.00 bits per heavy atom. The van der Waals surface area contributed by atoms with E-state index in [4.69, 9.17) is 0 Å². The zero-order chi connectivity index (χ0) is 13.1. The molecule has 3 atom stereocenters. The van der Waals surface area contributed by atoms with Crippen molar-refractivity contribution >= 4 is 0 Å². The van der Waals surface area contributed by atoms with E-state index in [-0.39, 0.29) is 31.0 Å². The predicted molar refractivity (Wildman–Crippen MR) is 74.1 cm³/mol. The Morgan fingerprint density at radius 3 is 1.42 bits per heavy atom. The van der Waals surface area contributed by atoms with Crippen LogP contribution in [0.2, 0.25) is 0 Å². The Labute approximate surface area is 128 Å². The molecule has 0 rings (SSSR count). The van der Waals surface area contributed by atoms with Crippen molar-refractivity contribution in [1.29, 1.82) is 0 Å². The molecule has 0 spiro atoms. The van der Waals surface area contributed by atoms with E-state index >= 15 is 0 Å². The van der Waals surface area contributed by atoms with Gasteiger partial charge in [0.15, 0.2) is 0 Å². The molecule has 0 amide bonds. The molecule has 0 fully saturated rings. The average Bonchev–Trinajstić information content (AvgIpc) is 2.16. The molecule has 3 unspecified atom stereocenters. The van der Waals surface area contributed by atoms with Crippen molar-refractivity contribution in [3.63, 3.8) is 0 Å². The first kappa shape index (κ1) is 31.3. The molecule has 0 aliphatic heterocycles. The summed E-state index contributed by atoms with van der Waals surface area (Å²) in [5.41, 5.74) is 0.840. The Bertz CT molecular complexity index is 201. The molecule has 0 aliphatic carbocycles. The normalized spacial score (nSPS) is 14.8. The van der Waals surface area contributed by atoms with Crippen molar-refractivity contribution in [2.24, 2.45) is 0 Å². The Morgan fingerprint density at radius 2 is 1.32 bits per heavy atom. The maximum atomic E-state index is 12.2. The van der Waals surface area contributed by atoms with Crippen LogP contribution in [0.4, 0.5) is 17.9 Å². The molecule has 0 heterocycles. The van der Waals surface area contributed by atoms with Crippen LogP contribution in [0.5, 0.6) is 0 Å². The van der Waals surface area contributed by atoms with Crippen molar-refractivity contribution in [3.05, 3.63) is 23.8 Å². The molecule has 0 saturated carbocycles. The van der Waals surface area contributed by atoms with Crippen LogP contribution in [-0.2, 0) is 0 Å². The molecule has 112 valence electrons. The van der Waals surface area contributed by atoms with Crippen LogP contribution in [0, 0.1) is 0 Å². The van der Waals surface area contributed by atoms with Gasteiger partial charge in [-0.05, 0) is 39.7 Å². The van der Waals surface area contributed by atoms with E-state index < -0.39 is 18.5 Å². The molecule has 0 aromatic carbocycles. The van der Waals surface area contributed by atoms with Gasteiger partial charge in [0.2, 0.25) is 0 Å². The van der Waals surface area contributed by atoms with E-state index in [0.717, 1.165) is 12.0 Å². The SMILES string of the molecule is C.CC(F)C=CC(C)F.CCC=C(C)C(C)F.F.[Li+]. The smallest absolute Gasteiger partial charge is 0.269 e. The van der Waals surface area contributed by atoms with Gasteiger partial charge in [-0.2, -0.15) is 0 Å². The molecular weight excluding hydrogens is 251 g/mol. The third-order valence-corrected chi connectivity index (χ3v) is 1.80. The number of allylic oxidation sites excluding steroid dienone is 4. The Balaban J connectivity index is -0.0000000594. The molecule has 0 radical (unpaired) electrons. The van der Waals surface area contributed by atoms with E-state index in [1.165, 1.54) is 26.0 Å². The standard InChI is InChI=1S/C7H13F.C6H10F2.CH4.FH.Li/c1-4-5-6(2)7(3)8;1-5(7)3-4-6(2)8;;;/h5,7H,4H2,1-3H3;3-6H,1-2H3;1H4;1H;/q;;;;+1. The van der Waals surface area contributed by atoms with Crippen LogP contribution in [-0.4, -0.2) is 18.5 Å². The quantitative estimate of drug-likeness (QED) is 0.422. The molecule has 0 aliphatic rings. The monoisotopic (exact) mass is 279 g/mol. The average molecular weight is 279 g/mol. The summed E-state index contributed by atoms with van der Waals surface area (Å²) in [4.78, 5) is 0. The fourth-order valence-electron chi connectivity index (χ4n) is 0.791. The van der Waals surface area contributed by atoms with Gasteiger partial charge in [0.25, 0.3) is 0 Å². The summed E-state index contributed by atoms with van der Waals surface area (Å²) in [6, 6.07) is 0. The van der Waals surface area contributed by atoms with E-state index in [1.54, 1.807) is 6.92 Å². The van der Waals surface area contributed by atoms with Crippen molar-refractivity contribution < 1.29 is 36.7 Å². The fraction of sp³-hybridized carbons (Fsp3) is 0.714. The minimum Gasteiger partial charge on any atom is -0.269 e. The maximum Gasteiger partial charge on any atom is 1.00 e. The van der Waals surface area contributed by atoms with Gasteiger partial charge in [-0.15, -0.1) is 0 Å². The first-order valence-corrected chi connectivity index (χ1v) is 5.58. The number of alkyl halides is 3. The van der Waals surface area contributed by atoms with E-state index in [9.17, 15) is 13.2 Å². The second kappa shape index (κ2) is 20.1. The van der Waals surface area contributed by atoms with Gasteiger partial charge >= 0.3 is 18.9 Å². The van der Waals surface area contributed by atoms with E-state index in [0.29, 0.717) is 0 Å². The summed E-state index contributed by atoms with van der Waals surface area (Å²) in [5.74, 6) is 0. The zero-order valence-corrected chi connectivity index (χ0v) is 12.2. The maximum absolute atomic E-state index is 12.2. The molecular formula is C14H28F4Li+. The van der Waals surface area contributed by atoms with Crippen LogP contribution in [0.25, 0.3) is 0 Å². The summed E-state index contributed by atoms with van der Waals surface area (Å²) >= 11 is 0. The minimum atomic E-state index is -1.03. The van der Waals surface area contributed by atoms with Gasteiger partial charge in [-0.1, -0.05) is 32.6 Å². The summed E-state index contributed by atoms with van der Waals surface area (Å²) in [5, 5.41) is 0. The van der Waals surface area contributed by atoms with Crippen molar-refractivity contribution in [2.45, 2.75) is 67.0 Å². The van der Waals surface area contributed by atoms with Crippen LogP contribution in [0.1, 0.15) is 48.5 Å². The summed E-state index contributed by atoms with van der Waals surface area (Å²) < 4.78 is 35.8. The molecule has 0 nitrogen and oxygen atoms in total. The van der Waals surface area contributed by atoms with Gasteiger partial charge in [-0.25, -0.2) is 13.2 Å². The van der Waals surface area contributed by atoms with Gasteiger partial charge in [0.1, 0.15) is 18.5 Å². The second-order valence-corrected chi connectivity index (χ2v) is 3.71. The number of rotatable bonds is 4. The summed E-state index contributed by atoms with van der Waals surface area (Å²) in [6.07, 6.45) is 2.40. The molecule has 0 N–H and O–H groups in total. The van der Waals surface area contributed by atoms with Gasteiger partial charge in [0.05, 0.1) is 0 Å². The van der Waals surface area contributed by atoms with Crippen LogP contribution in [0.3, 0.4) is 0 Å². The number of halogens is 4. The number of hydrogen-bond donors (Lipinski definition) is 0. The first-order valence-electron chi connectivity index (χ1n) is 5.58. The molecule has 19 heavy (non-hydrogen) atoms. The van der Waals surface area contributed by atoms with Gasteiger partial charge in [0, 0.05) is 0 Å². The molecule has 0 saturated heterocycles. The van der Waals surface area contributed by atoms with Crippen LogP contribution >= 0.6 is 0 Å². The van der Waals surface area contributed by atoms with Crippen LogP contribution < -0.4 is 18.9 Å². The fourth-order valence-corrected chi connectivity index (χ4v) is 0.791. The zero-order valence-electron chi connectivity index (χ0n) is 12.2. The number of hydrogen-bond acceptors (Lipinski definition) is 0. The summed E-state index contributed by atoms with van der Waals surface area (Å²) in [7, 11) is 0. The van der Waals surface area contributed by atoms with Gasteiger partial charge < -0.3 is 0 Å². The van der Waals surface area contributed by atoms with Gasteiger partial charge in [-0.3, -0.25) is 4.70 Å². The largest absolute Gasteiger partial charge is 1.00 e. The molecule has 0 aromatic heterocycles. The minimum absolute atomic E-state index is 0. The first-order chi connectivity index (χ1) is 7.31. The molecule has 0 bridgehead atoms. The molecule has 5 heteroatoms. The topological polar surface area (TPSA) is 0 Å². The Kier molecular flexibility index (Phi) is 33.1. The third kappa shape index (κ3) is 31.9. The van der Waals surface area contributed by atoms with E-state index in [1.807, 2.05) is 19.9 Å². The van der Waals surface area contributed by atoms with Crippen LogP contribution in [0.15, 0.2) is 23.8 Å². The summed E-state index contributed by atoms with van der Waals surface area (Å²) in [6.45, 7) is 8.10. The predicted octanol–water partition coefficient (Wildman–Crippen LogP) is 2.75. The van der Waals surface area contributed by atoms with E-state index in [2.05, 4.69) is 0 Å². The van der Waals surface area contributed by atoms with Crippen molar-refractivity contribution in [1.82, 2.24) is 0 Å².